The van der Waals surface area contributed by atoms with E-state index in [0.29, 0.717) is 12.4 Å². The Morgan fingerprint density at radius 1 is 1.19 bits per heavy atom. The maximum Gasteiger partial charge on any atom is 0.407 e. The van der Waals surface area contributed by atoms with Crippen LogP contribution in [0.4, 0.5) is 4.79 Å². The van der Waals surface area contributed by atoms with Crippen LogP contribution in [0.1, 0.15) is 85.4 Å². The van der Waals surface area contributed by atoms with Crippen LogP contribution in [0.2, 0.25) is 0 Å². The number of alkyl carbamates (subject to hydrolysis) is 1. The first-order valence-electron chi connectivity index (χ1n) is 9.91. The summed E-state index contributed by atoms with van der Waals surface area (Å²) in [5, 5.41) is 7.12. The van der Waals surface area contributed by atoms with Crippen molar-refractivity contribution in [2.75, 3.05) is 6.54 Å². The third-order valence-electron chi connectivity index (χ3n) is 6.15. The fraction of sp³-hybridized carbons (Fsp3) is 0.850. The first kappa shape index (κ1) is 18.7. The van der Waals surface area contributed by atoms with Crippen LogP contribution in [0, 0.1) is 0 Å². The Kier molecular flexibility index (Phi) is 3.79. The first-order chi connectivity index (χ1) is 12.4. The Morgan fingerprint density at radius 2 is 1.85 bits per heavy atom. The number of rotatable bonds is 3. The molecule has 1 amide bonds. The molecule has 2 saturated carbocycles. The van der Waals surface area contributed by atoms with E-state index in [2.05, 4.69) is 31.2 Å². The Labute approximate surface area is 160 Å². The predicted molar refractivity (Wildman–Crippen MR) is 98.5 cm³/mol. The number of carbonyl (C=O) groups is 1. The zero-order valence-electron chi connectivity index (χ0n) is 17.3. The van der Waals surface area contributed by atoms with Crippen LogP contribution in [-0.2, 0) is 20.3 Å². The van der Waals surface area contributed by atoms with Crippen molar-refractivity contribution < 1.29 is 18.8 Å². The Bertz CT molecular complexity index is 746. The third-order valence-corrected chi connectivity index (χ3v) is 6.15. The number of ether oxygens (including phenoxy) is 2. The maximum atomic E-state index is 12.1. The molecular weight excluding hydrogens is 346 g/mol. The predicted octanol–water partition coefficient (Wildman–Crippen LogP) is 3.62. The van der Waals surface area contributed by atoms with Gasteiger partial charge in [-0.05, 0) is 52.9 Å². The zero-order valence-corrected chi connectivity index (χ0v) is 17.3. The van der Waals surface area contributed by atoms with Crippen LogP contribution in [0.25, 0.3) is 0 Å². The highest BCUT2D eigenvalue weighted by Crippen LogP contribution is 2.72. The molecule has 4 fully saturated rings. The van der Waals surface area contributed by atoms with E-state index in [1.165, 1.54) is 0 Å². The van der Waals surface area contributed by atoms with E-state index >= 15 is 0 Å². The number of nitrogens with zero attached hydrogens (tertiary/aromatic N) is 2. The molecule has 27 heavy (non-hydrogen) atoms. The van der Waals surface area contributed by atoms with Crippen molar-refractivity contribution in [2.45, 2.75) is 101 Å². The van der Waals surface area contributed by atoms with Gasteiger partial charge in [-0.15, -0.1) is 0 Å². The molecule has 7 nitrogen and oxygen atoms in total. The van der Waals surface area contributed by atoms with E-state index in [4.69, 9.17) is 19.0 Å². The van der Waals surface area contributed by atoms with Crippen LogP contribution < -0.4 is 5.32 Å². The Morgan fingerprint density at radius 3 is 2.33 bits per heavy atom. The molecule has 2 saturated heterocycles. The lowest BCUT2D eigenvalue weighted by atomic mass is 9.51. The van der Waals surface area contributed by atoms with E-state index in [1.807, 2.05) is 20.8 Å². The van der Waals surface area contributed by atoms with Gasteiger partial charge in [-0.3, -0.25) is 0 Å². The Hall–Kier alpha value is -1.63. The third kappa shape index (κ3) is 2.85. The van der Waals surface area contributed by atoms with Crippen molar-refractivity contribution in [1.29, 1.82) is 0 Å². The number of nitrogens with one attached hydrogen (secondary N) is 1. The second kappa shape index (κ2) is 5.46. The molecule has 2 bridgehead atoms. The molecule has 2 aliphatic carbocycles. The largest absolute Gasteiger partial charge is 0.444 e. The summed E-state index contributed by atoms with van der Waals surface area (Å²) >= 11 is 0. The number of aromatic nitrogens is 2. The fourth-order valence-corrected chi connectivity index (χ4v) is 4.81. The van der Waals surface area contributed by atoms with Gasteiger partial charge < -0.3 is 19.3 Å². The van der Waals surface area contributed by atoms with Gasteiger partial charge >= 0.3 is 6.09 Å². The molecule has 150 valence electrons. The van der Waals surface area contributed by atoms with Gasteiger partial charge in [0.05, 0.1) is 23.2 Å². The van der Waals surface area contributed by atoms with Gasteiger partial charge in [-0.25, -0.2) is 4.79 Å². The van der Waals surface area contributed by atoms with Crippen LogP contribution in [0.15, 0.2) is 4.52 Å². The van der Waals surface area contributed by atoms with E-state index in [0.717, 1.165) is 37.9 Å². The van der Waals surface area contributed by atoms with E-state index in [-0.39, 0.29) is 22.0 Å². The van der Waals surface area contributed by atoms with Gasteiger partial charge in [0, 0.05) is 5.41 Å². The van der Waals surface area contributed by atoms with Gasteiger partial charge in [-0.1, -0.05) is 25.9 Å². The smallest absolute Gasteiger partial charge is 0.407 e. The second-order valence-corrected chi connectivity index (χ2v) is 10.6. The molecule has 2 aliphatic heterocycles. The number of hydrogen-bond donors (Lipinski definition) is 1. The molecule has 1 N–H and O–H groups in total. The normalized spacial score (nSPS) is 31.3. The minimum atomic E-state index is -0.510. The van der Waals surface area contributed by atoms with Gasteiger partial charge in [-0.2, -0.15) is 4.98 Å². The van der Waals surface area contributed by atoms with Crippen molar-refractivity contribution >= 4 is 6.09 Å². The zero-order chi connectivity index (χ0) is 19.7. The van der Waals surface area contributed by atoms with E-state index in [1.54, 1.807) is 0 Å². The van der Waals surface area contributed by atoms with Gasteiger partial charge in [0.2, 0.25) is 5.89 Å². The molecule has 1 spiro atoms. The minimum Gasteiger partial charge on any atom is -0.444 e. The standard InChI is InChI=1S/C20H31N3O4/c1-16(2,3)13-22-14(26-23-13)19-10-18(11-19,27-20(19)8-7-9-20)12-21-15(24)25-17(4,5)6/h7-12H2,1-6H3,(H,21,24). The SMILES string of the molecule is CC(C)(C)OC(=O)NCC12CC(c3nc(C(C)(C)C)no3)(C1)C1(CCC1)O2. The minimum absolute atomic E-state index is 0.149. The molecule has 1 aromatic heterocycles. The molecule has 0 atom stereocenters. The van der Waals surface area contributed by atoms with Crippen molar-refractivity contribution in [3.8, 4) is 0 Å². The molecule has 0 unspecified atom stereocenters. The number of carbonyl (C=O) groups excluding carboxylic acids is 1. The van der Waals surface area contributed by atoms with Gasteiger partial charge in [0.15, 0.2) is 5.82 Å². The first-order valence-corrected chi connectivity index (χ1v) is 9.91. The summed E-state index contributed by atoms with van der Waals surface area (Å²) in [5.74, 6) is 1.44. The molecule has 1 aromatic rings. The van der Waals surface area contributed by atoms with Gasteiger partial charge in [0.1, 0.15) is 5.60 Å². The van der Waals surface area contributed by atoms with Crippen LogP contribution in [-0.4, -0.2) is 39.6 Å². The van der Waals surface area contributed by atoms with Crippen molar-refractivity contribution in [3.63, 3.8) is 0 Å². The second-order valence-electron chi connectivity index (χ2n) is 10.6. The van der Waals surface area contributed by atoms with Crippen molar-refractivity contribution in [3.05, 3.63) is 11.7 Å². The summed E-state index contributed by atoms with van der Waals surface area (Å²) in [5.41, 5.74) is -1.44. The summed E-state index contributed by atoms with van der Waals surface area (Å²) in [6.07, 6.45) is 4.38. The summed E-state index contributed by atoms with van der Waals surface area (Å²) in [7, 11) is 0. The molecule has 5 rings (SSSR count). The van der Waals surface area contributed by atoms with E-state index in [9.17, 15) is 4.79 Å². The van der Waals surface area contributed by atoms with Crippen LogP contribution >= 0.6 is 0 Å². The summed E-state index contributed by atoms with van der Waals surface area (Å²) < 4.78 is 17.7. The molecule has 4 aliphatic rings. The average Bonchev–Trinajstić information content (AvgIpc) is 3.09. The monoisotopic (exact) mass is 377 g/mol. The van der Waals surface area contributed by atoms with Crippen LogP contribution in [0.3, 0.4) is 0 Å². The molecule has 7 heteroatoms. The summed E-state index contributed by atoms with van der Waals surface area (Å²) in [6, 6.07) is 0. The molecular formula is C20H31N3O4. The Balaban J connectivity index is 1.50. The lowest BCUT2D eigenvalue weighted by molar-refractivity contribution is -0.108. The number of amides is 1. The highest BCUT2D eigenvalue weighted by molar-refractivity contribution is 5.67. The highest BCUT2D eigenvalue weighted by Gasteiger charge is 2.78. The number of hydrogen-bond acceptors (Lipinski definition) is 6. The molecule has 0 aromatic carbocycles. The topological polar surface area (TPSA) is 86.5 Å². The van der Waals surface area contributed by atoms with Crippen LogP contribution in [0.5, 0.6) is 0 Å². The maximum absolute atomic E-state index is 12.1. The van der Waals surface area contributed by atoms with Crippen molar-refractivity contribution in [2.24, 2.45) is 0 Å². The molecule has 3 heterocycles. The quantitative estimate of drug-likeness (QED) is 0.866. The van der Waals surface area contributed by atoms with Crippen molar-refractivity contribution in [1.82, 2.24) is 15.5 Å². The molecule has 0 radical (unpaired) electrons. The lowest BCUT2D eigenvalue weighted by Gasteiger charge is -2.48. The average molecular weight is 377 g/mol. The lowest BCUT2D eigenvalue weighted by Crippen LogP contribution is -2.58. The van der Waals surface area contributed by atoms with E-state index < -0.39 is 11.7 Å². The fourth-order valence-electron chi connectivity index (χ4n) is 4.81. The summed E-state index contributed by atoms with van der Waals surface area (Å²) in [4.78, 5) is 16.8. The highest BCUT2D eigenvalue weighted by atomic mass is 16.6. The van der Waals surface area contributed by atoms with Gasteiger partial charge in [0.25, 0.3) is 0 Å². The summed E-state index contributed by atoms with van der Waals surface area (Å²) in [6.45, 7) is 12.3.